The molecule has 2 heterocycles. The van der Waals surface area contributed by atoms with Gasteiger partial charge in [-0.1, -0.05) is 37.7 Å². The Labute approximate surface area is 181 Å². The van der Waals surface area contributed by atoms with E-state index in [2.05, 4.69) is 23.7 Å². The van der Waals surface area contributed by atoms with Crippen LogP contribution in [0, 0.1) is 0 Å². The van der Waals surface area contributed by atoms with Crippen LogP contribution in [-0.4, -0.2) is 53.7 Å². The van der Waals surface area contributed by atoms with Gasteiger partial charge in [0.2, 0.25) is 0 Å². The van der Waals surface area contributed by atoms with Gasteiger partial charge in [0.05, 0.1) is 10.6 Å². The van der Waals surface area contributed by atoms with Crippen LogP contribution in [0.1, 0.15) is 13.8 Å². The van der Waals surface area contributed by atoms with Crippen LogP contribution >= 0.6 is 35.9 Å². The lowest BCUT2D eigenvalue weighted by Gasteiger charge is -2.28. The second-order valence-electron chi connectivity index (χ2n) is 5.98. The molecule has 0 saturated carbocycles. The lowest BCUT2D eigenvalue weighted by atomic mass is 10.2. The Bertz CT molecular complexity index is 729. The van der Waals surface area contributed by atoms with Crippen LogP contribution in [0.2, 0.25) is 0 Å². The SMILES string of the molecule is CCN(CC)CCSCCOC(=O)N1c2ccccc2Sc2cccnc21.Cl. The summed E-state index contributed by atoms with van der Waals surface area (Å²) in [4.78, 5) is 23.2. The Morgan fingerprint density at radius 1 is 1.14 bits per heavy atom. The van der Waals surface area contributed by atoms with Crippen molar-refractivity contribution >= 4 is 53.5 Å². The standard InChI is InChI=1S/C20H25N3O2S2.ClH/c1-3-22(4-2)12-14-26-15-13-25-20(24)23-16-8-5-6-9-17(16)27-18-10-7-11-21-19(18)23;/h5-11H,3-4,12-15H2,1-2H3;1H. The lowest BCUT2D eigenvalue weighted by molar-refractivity contribution is 0.163. The molecular formula is C20H26ClN3O2S2. The van der Waals surface area contributed by atoms with E-state index < -0.39 is 0 Å². The second-order valence-corrected chi connectivity index (χ2v) is 8.29. The van der Waals surface area contributed by atoms with E-state index in [9.17, 15) is 4.79 Å². The normalized spacial score (nSPS) is 12.2. The van der Waals surface area contributed by atoms with Gasteiger partial charge < -0.3 is 9.64 Å². The first kappa shape index (κ1) is 22.9. The van der Waals surface area contributed by atoms with Crippen molar-refractivity contribution in [2.75, 3.05) is 42.6 Å². The van der Waals surface area contributed by atoms with Gasteiger partial charge in [-0.3, -0.25) is 0 Å². The molecule has 0 spiro atoms. The van der Waals surface area contributed by atoms with Crippen LogP contribution in [0.3, 0.4) is 0 Å². The van der Waals surface area contributed by atoms with Gasteiger partial charge in [0, 0.05) is 29.1 Å². The van der Waals surface area contributed by atoms with E-state index in [1.807, 2.05) is 48.2 Å². The smallest absolute Gasteiger partial charge is 0.420 e. The lowest BCUT2D eigenvalue weighted by Crippen LogP contribution is -2.30. The van der Waals surface area contributed by atoms with Gasteiger partial charge in [0.15, 0.2) is 5.82 Å². The number of para-hydroxylation sites is 1. The minimum Gasteiger partial charge on any atom is -0.448 e. The maximum absolute atomic E-state index is 12.8. The van der Waals surface area contributed by atoms with Crippen molar-refractivity contribution in [2.45, 2.75) is 23.6 Å². The van der Waals surface area contributed by atoms with Crippen molar-refractivity contribution < 1.29 is 9.53 Å². The average Bonchev–Trinajstić information content (AvgIpc) is 2.71. The fourth-order valence-corrected chi connectivity index (χ4v) is 4.69. The first-order chi connectivity index (χ1) is 13.2. The Morgan fingerprint density at radius 3 is 2.68 bits per heavy atom. The van der Waals surface area contributed by atoms with E-state index in [0.717, 1.165) is 46.6 Å². The fraction of sp³-hybridized carbons (Fsp3) is 0.400. The number of benzene rings is 1. The molecular weight excluding hydrogens is 414 g/mol. The molecule has 0 N–H and O–H groups in total. The summed E-state index contributed by atoms with van der Waals surface area (Å²) in [6.07, 6.45) is 1.34. The number of halogens is 1. The third-order valence-corrected chi connectivity index (χ3v) is 6.40. The fourth-order valence-electron chi connectivity index (χ4n) is 2.86. The van der Waals surface area contributed by atoms with Gasteiger partial charge in [-0.15, -0.1) is 12.4 Å². The molecule has 1 aliphatic rings. The van der Waals surface area contributed by atoms with Gasteiger partial charge >= 0.3 is 6.09 Å². The van der Waals surface area contributed by atoms with Crippen molar-refractivity contribution in [3.05, 3.63) is 42.6 Å². The maximum atomic E-state index is 12.8. The van der Waals surface area contributed by atoms with Crippen LogP contribution in [0.5, 0.6) is 0 Å². The molecule has 1 aromatic heterocycles. The number of carbonyl (C=O) groups excluding carboxylic acids is 1. The number of anilines is 2. The highest BCUT2D eigenvalue weighted by Crippen LogP contribution is 2.46. The molecule has 2 aromatic rings. The van der Waals surface area contributed by atoms with Crippen LogP contribution in [0.4, 0.5) is 16.3 Å². The Hall–Kier alpha value is -1.41. The van der Waals surface area contributed by atoms with Crippen molar-refractivity contribution in [1.82, 2.24) is 9.88 Å². The highest BCUT2D eigenvalue weighted by molar-refractivity contribution is 7.99. The molecule has 0 radical (unpaired) electrons. The Balaban J connectivity index is 0.00000280. The predicted octanol–water partition coefficient (Wildman–Crippen LogP) is 5.32. The summed E-state index contributed by atoms with van der Waals surface area (Å²) in [5, 5.41) is 0. The summed E-state index contributed by atoms with van der Waals surface area (Å²) in [6, 6.07) is 11.7. The zero-order valence-corrected chi connectivity index (χ0v) is 18.6. The van der Waals surface area contributed by atoms with Crippen LogP contribution in [0.15, 0.2) is 52.4 Å². The van der Waals surface area contributed by atoms with Gasteiger partial charge in [-0.05, 0) is 37.4 Å². The van der Waals surface area contributed by atoms with Gasteiger partial charge in [0.1, 0.15) is 6.61 Å². The number of amides is 1. The van der Waals surface area contributed by atoms with Crippen molar-refractivity contribution in [3.8, 4) is 0 Å². The molecule has 5 nitrogen and oxygen atoms in total. The zero-order valence-electron chi connectivity index (χ0n) is 16.2. The Morgan fingerprint density at radius 2 is 1.89 bits per heavy atom. The quantitative estimate of drug-likeness (QED) is 0.519. The molecule has 28 heavy (non-hydrogen) atoms. The molecule has 0 bridgehead atoms. The van der Waals surface area contributed by atoms with E-state index in [-0.39, 0.29) is 18.5 Å². The topological polar surface area (TPSA) is 45.7 Å². The number of hydrogen-bond acceptors (Lipinski definition) is 6. The van der Waals surface area contributed by atoms with Gasteiger partial charge in [-0.25, -0.2) is 14.7 Å². The first-order valence-electron chi connectivity index (χ1n) is 9.23. The van der Waals surface area contributed by atoms with E-state index in [0.29, 0.717) is 12.4 Å². The molecule has 0 atom stereocenters. The molecule has 3 rings (SSSR count). The molecule has 0 saturated heterocycles. The average molecular weight is 440 g/mol. The van der Waals surface area contributed by atoms with E-state index in [4.69, 9.17) is 4.74 Å². The maximum Gasteiger partial charge on any atom is 0.420 e. The first-order valence-corrected chi connectivity index (χ1v) is 11.2. The van der Waals surface area contributed by atoms with Crippen LogP contribution in [0.25, 0.3) is 0 Å². The minimum atomic E-state index is -0.368. The summed E-state index contributed by atoms with van der Waals surface area (Å²) in [5.74, 6) is 2.49. The largest absolute Gasteiger partial charge is 0.448 e. The molecule has 1 amide bonds. The van der Waals surface area contributed by atoms with Crippen molar-refractivity contribution in [3.63, 3.8) is 0 Å². The minimum absolute atomic E-state index is 0. The molecule has 152 valence electrons. The zero-order chi connectivity index (χ0) is 19.1. The number of ether oxygens (including phenoxy) is 1. The van der Waals surface area contributed by atoms with Crippen molar-refractivity contribution in [1.29, 1.82) is 0 Å². The highest BCUT2D eigenvalue weighted by Gasteiger charge is 2.30. The number of hydrogen-bond donors (Lipinski definition) is 0. The summed E-state index contributed by atoms with van der Waals surface area (Å²) in [6.45, 7) is 7.97. The molecule has 8 heteroatoms. The number of thioether (sulfide) groups is 1. The molecule has 1 aromatic carbocycles. The number of rotatable bonds is 8. The van der Waals surface area contributed by atoms with Gasteiger partial charge in [-0.2, -0.15) is 11.8 Å². The number of pyridine rings is 1. The summed E-state index contributed by atoms with van der Waals surface area (Å²) >= 11 is 3.44. The third-order valence-electron chi connectivity index (χ3n) is 4.37. The second kappa shape index (κ2) is 11.6. The molecule has 0 aliphatic carbocycles. The number of aromatic nitrogens is 1. The van der Waals surface area contributed by atoms with Crippen LogP contribution in [-0.2, 0) is 4.74 Å². The Kier molecular flexibility index (Phi) is 9.44. The van der Waals surface area contributed by atoms with E-state index in [1.165, 1.54) is 0 Å². The summed E-state index contributed by atoms with van der Waals surface area (Å²) < 4.78 is 5.56. The number of fused-ring (bicyclic) bond motifs is 2. The summed E-state index contributed by atoms with van der Waals surface area (Å²) in [7, 11) is 0. The monoisotopic (exact) mass is 439 g/mol. The molecule has 1 aliphatic heterocycles. The van der Waals surface area contributed by atoms with Gasteiger partial charge in [0.25, 0.3) is 0 Å². The number of carbonyl (C=O) groups is 1. The third kappa shape index (κ3) is 5.56. The highest BCUT2D eigenvalue weighted by atomic mass is 35.5. The van der Waals surface area contributed by atoms with Crippen molar-refractivity contribution in [2.24, 2.45) is 0 Å². The number of nitrogens with zero attached hydrogens (tertiary/aromatic N) is 3. The molecule has 0 unspecified atom stereocenters. The predicted molar refractivity (Wildman–Crippen MR) is 121 cm³/mol. The van der Waals surface area contributed by atoms with E-state index in [1.54, 1.807) is 22.9 Å². The summed E-state index contributed by atoms with van der Waals surface area (Å²) in [5.41, 5.74) is 0.827. The molecule has 0 fully saturated rings. The van der Waals surface area contributed by atoms with Crippen LogP contribution < -0.4 is 4.90 Å². The van der Waals surface area contributed by atoms with E-state index >= 15 is 0 Å².